The van der Waals surface area contributed by atoms with Crippen molar-refractivity contribution in [1.82, 2.24) is 0 Å². The lowest BCUT2D eigenvalue weighted by atomic mass is 10.1. The number of phenolic OH excluding ortho intramolecular Hbond substituents is 1. The first-order valence-corrected chi connectivity index (χ1v) is 8.75. The van der Waals surface area contributed by atoms with Crippen LogP contribution in [0.25, 0.3) is 11.1 Å². The lowest BCUT2D eigenvalue weighted by molar-refractivity contribution is 0.206. The first-order valence-electron chi connectivity index (χ1n) is 8.75. The highest BCUT2D eigenvalue weighted by atomic mass is 16.5. The Kier molecular flexibility index (Phi) is 6.99. The predicted molar refractivity (Wildman–Crippen MR) is 97.0 cm³/mol. The maximum absolute atomic E-state index is 9.35. The molecule has 0 aliphatic heterocycles. The number of benzene rings is 2. The minimum atomic E-state index is 0.260. The molecule has 0 saturated carbocycles. The van der Waals surface area contributed by atoms with Gasteiger partial charge in [-0.25, -0.2) is 0 Å². The van der Waals surface area contributed by atoms with Gasteiger partial charge in [-0.05, 0) is 55.2 Å². The average Bonchev–Trinajstić information content (AvgIpc) is 2.56. The zero-order chi connectivity index (χ0) is 16.5. The van der Waals surface area contributed by atoms with E-state index in [2.05, 4.69) is 26.0 Å². The maximum Gasteiger partial charge on any atom is 0.119 e. The van der Waals surface area contributed by atoms with Crippen LogP contribution in [-0.4, -0.2) is 11.2 Å². The largest absolute Gasteiger partial charge is 0.508 e. The molecule has 1 N–H and O–H groups in total. The molecule has 1 atom stereocenters. The Morgan fingerprint density at radius 1 is 0.826 bits per heavy atom. The van der Waals surface area contributed by atoms with Crippen LogP contribution in [0, 0.1) is 0 Å². The summed E-state index contributed by atoms with van der Waals surface area (Å²) in [6, 6.07) is 15.4. The van der Waals surface area contributed by atoms with E-state index < -0.39 is 0 Å². The molecule has 2 aromatic carbocycles. The number of phenols is 1. The second-order valence-electron chi connectivity index (χ2n) is 6.20. The molecule has 0 amide bonds. The summed E-state index contributed by atoms with van der Waals surface area (Å²) in [6.07, 6.45) is 7.89. The highest BCUT2D eigenvalue weighted by molar-refractivity contribution is 5.64. The normalized spacial score (nSPS) is 12.1. The lowest BCUT2D eigenvalue weighted by Crippen LogP contribution is -2.11. The smallest absolute Gasteiger partial charge is 0.119 e. The van der Waals surface area contributed by atoms with Crippen molar-refractivity contribution in [1.29, 1.82) is 0 Å². The summed E-state index contributed by atoms with van der Waals surface area (Å²) >= 11 is 0. The summed E-state index contributed by atoms with van der Waals surface area (Å²) in [5.74, 6) is 1.22. The first-order chi connectivity index (χ1) is 11.2. The monoisotopic (exact) mass is 312 g/mol. The third-order valence-electron chi connectivity index (χ3n) is 4.11. The van der Waals surface area contributed by atoms with Gasteiger partial charge in [0.1, 0.15) is 11.5 Å². The molecule has 2 nitrogen and oxygen atoms in total. The Labute approximate surface area is 140 Å². The Bertz CT molecular complexity index is 557. The molecule has 2 aromatic rings. The second-order valence-corrected chi connectivity index (χ2v) is 6.20. The molecule has 0 heterocycles. The number of unbranched alkanes of at least 4 members (excludes halogenated alkanes) is 4. The van der Waals surface area contributed by atoms with Gasteiger partial charge in [0.25, 0.3) is 0 Å². The second kappa shape index (κ2) is 9.24. The van der Waals surface area contributed by atoms with Crippen molar-refractivity contribution in [2.75, 3.05) is 0 Å². The zero-order valence-corrected chi connectivity index (χ0v) is 14.3. The lowest BCUT2D eigenvalue weighted by Gasteiger charge is -2.15. The van der Waals surface area contributed by atoms with Crippen LogP contribution in [0.15, 0.2) is 48.5 Å². The van der Waals surface area contributed by atoms with E-state index in [1.165, 1.54) is 32.1 Å². The highest BCUT2D eigenvalue weighted by Crippen LogP contribution is 2.25. The van der Waals surface area contributed by atoms with Crippen molar-refractivity contribution >= 4 is 0 Å². The highest BCUT2D eigenvalue weighted by Gasteiger charge is 2.05. The molecule has 124 valence electrons. The number of rotatable bonds is 9. The van der Waals surface area contributed by atoms with E-state index >= 15 is 0 Å². The van der Waals surface area contributed by atoms with Crippen molar-refractivity contribution in [2.45, 2.75) is 58.5 Å². The average molecular weight is 312 g/mol. The van der Waals surface area contributed by atoms with Gasteiger partial charge in [-0.2, -0.15) is 0 Å². The number of ether oxygens (including phenoxy) is 1. The summed E-state index contributed by atoms with van der Waals surface area (Å²) < 4.78 is 5.99. The van der Waals surface area contributed by atoms with Crippen LogP contribution in [0.3, 0.4) is 0 Å². The van der Waals surface area contributed by atoms with Crippen molar-refractivity contribution in [3.05, 3.63) is 48.5 Å². The number of hydrogen-bond donors (Lipinski definition) is 1. The molecule has 0 aliphatic carbocycles. The van der Waals surface area contributed by atoms with Crippen LogP contribution in [0.2, 0.25) is 0 Å². The van der Waals surface area contributed by atoms with Crippen molar-refractivity contribution < 1.29 is 9.84 Å². The molecule has 2 heteroatoms. The summed E-state index contributed by atoms with van der Waals surface area (Å²) in [7, 11) is 0. The fraction of sp³-hybridized carbons (Fsp3) is 0.429. The molecule has 0 fully saturated rings. The molecule has 0 saturated heterocycles. The quantitative estimate of drug-likeness (QED) is 0.560. The molecule has 2 rings (SSSR count). The van der Waals surface area contributed by atoms with Gasteiger partial charge >= 0.3 is 0 Å². The molecule has 1 unspecified atom stereocenters. The molecule has 0 radical (unpaired) electrons. The summed E-state index contributed by atoms with van der Waals surface area (Å²) in [5.41, 5.74) is 2.22. The van der Waals surface area contributed by atoms with Crippen molar-refractivity contribution in [2.24, 2.45) is 0 Å². The molecule has 23 heavy (non-hydrogen) atoms. The Balaban J connectivity index is 1.81. The summed E-state index contributed by atoms with van der Waals surface area (Å²) in [4.78, 5) is 0. The first kappa shape index (κ1) is 17.4. The molecule has 0 bridgehead atoms. The van der Waals surface area contributed by atoms with Crippen LogP contribution in [0.5, 0.6) is 11.5 Å². The number of hydrogen-bond acceptors (Lipinski definition) is 2. The van der Waals surface area contributed by atoms with E-state index in [1.807, 2.05) is 24.3 Å². The minimum absolute atomic E-state index is 0.260. The van der Waals surface area contributed by atoms with Crippen LogP contribution in [0.1, 0.15) is 52.4 Å². The molecule has 0 aliphatic rings. The Morgan fingerprint density at radius 2 is 1.39 bits per heavy atom. The van der Waals surface area contributed by atoms with E-state index in [0.717, 1.165) is 23.3 Å². The van der Waals surface area contributed by atoms with Crippen LogP contribution in [0.4, 0.5) is 0 Å². The van der Waals surface area contributed by atoms with E-state index in [1.54, 1.807) is 12.1 Å². The Morgan fingerprint density at radius 3 is 2.00 bits per heavy atom. The maximum atomic E-state index is 9.35. The minimum Gasteiger partial charge on any atom is -0.508 e. The van der Waals surface area contributed by atoms with Gasteiger partial charge in [-0.1, -0.05) is 56.9 Å². The van der Waals surface area contributed by atoms with Gasteiger partial charge in [-0.3, -0.25) is 0 Å². The Hall–Kier alpha value is -1.96. The molecule has 0 spiro atoms. The molecule has 0 aromatic heterocycles. The molecular weight excluding hydrogens is 284 g/mol. The van der Waals surface area contributed by atoms with Crippen molar-refractivity contribution in [3.63, 3.8) is 0 Å². The van der Waals surface area contributed by atoms with Crippen molar-refractivity contribution in [3.8, 4) is 22.6 Å². The summed E-state index contributed by atoms with van der Waals surface area (Å²) in [5, 5.41) is 9.35. The molecular formula is C21H28O2. The van der Waals surface area contributed by atoms with Gasteiger partial charge in [0, 0.05) is 0 Å². The fourth-order valence-electron chi connectivity index (χ4n) is 2.71. The van der Waals surface area contributed by atoms with E-state index in [4.69, 9.17) is 4.74 Å². The third kappa shape index (κ3) is 5.97. The van der Waals surface area contributed by atoms with Crippen LogP contribution in [-0.2, 0) is 0 Å². The van der Waals surface area contributed by atoms with Gasteiger partial charge in [-0.15, -0.1) is 0 Å². The van der Waals surface area contributed by atoms with Gasteiger partial charge in [0.2, 0.25) is 0 Å². The third-order valence-corrected chi connectivity index (χ3v) is 4.11. The predicted octanol–water partition coefficient (Wildman–Crippen LogP) is 6.19. The van der Waals surface area contributed by atoms with Crippen LogP contribution < -0.4 is 4.74 Å². The van der Waals surface area contributed by atoms with E-state index in [-0.39, 0.29) is 6.10 Å². The van der Waals surface area contributed by atoms with Gasteiger partial charge in [0.15, 0.2) is 0 Å². The van der Waals surface area contributed by atoms with Gasteiger partial charge < -0.3 is 9.84 Å². The van der Waals surface area contributed by atoms with Gasteiger partial charge in [0.05, 0.1) is 6.10 Å². The standard InChI is InChI=1S/C21H28O2/c1-3-4-5-6-7-8-17(2)23-21-15-11-19(12-16-21)18-9-13-20(22)14-10-18/h9-17,22H,3-8H2,1-2H3. The van der Waals surface area contributed by atoms with E-state index in [9.17, 15) is 5.11 Å². The van der Waals surface area contributed by atoms with Crippen LogP contribution >= 0.6 is 0 Å². The zero-order valence-electron chi connectivity index (χ0n) is 14.3. The number of aromatic hydroxyl groups is 1. The van der Waals surface area contributed by atoms with E-state index in [0.29, 0.717) is 5.75 Å². The topological polar surface area (TPSA) is 29.5 Å². The fourth-order valence-corrected chi connectivity index (χ4v) is 2.71. The summed E-state index contributed by atoms with van der Waals surface area (Å²) in [6.45, 7) is 4.39. The SMILES string of the molecule is CCCCCCCC(C)Oc1ccc(-c2ccc(O)cc2)cc1.